The number of Topliss-reactive ketones (excluding diaryl/α,β-unsaturated/α-hetero) is 1. The van der Waals surface area contributed by atoms with Crippen molar-refractivity contribution in [1.82, 2.24) is 0 Å². The van der Waals surface area contributed by atoms with Crippen LogP contribution in [-0.4, -0.2) is 32.4 Å². The second-order valence-corrected chi connectivity index (χ2v) is 7.20. The monoisotopic (exact) mass is 383 g/mol. The van der Waals surface area contributed by atoms with Crippen LogP contribution in [0.4, 0.5) is 5.69 Å². The summed E-state index contributed by atoms with van der Waals surface area (Å²) in [6.45, 7) is 1.80. The van der Waals surface area contributed by atoms with Gasteiger partial charge in [0.1, 0.15) is 5.75 Å². The third-order valence-corrected chi connectivity index (χ3v) is 5.24. The molecule has 6 nitrogen and oxygen atoms in total. The van der Waals surface area contributed by atoms with E-state index in [9.17, 15) is 25.1 Å². The lowest BCUT2D eigenvalue weighted by Crippen LogP contribution is -2.16. The van der Waals surface area contributed by atoms with E-state index in [-0.39, 0.29) is 17.2 Å². The second-order valence-electron chi connectivity index (χ2n) is 6.21. The zero-order valence-electron chi connectivity index (χ0n) is 14.5. The van der Waals surface area contributed by atoms with Gasteiger partial charge >= 0.3 is 5.69 Å². The Labute approximate surface area is 160 Å². The molecule has 2 aromatic rings. The lowest BCUT2D eigenvalue weighted by molar-refractivity contribution is -0.385. The number of aromatic hydroxyl groups is 2. The number of carbonyl (C=O) groups excluding carboxylic acids is 1. The first-order valence-corrected chi connectivity index (χ1v) is 9.31. The molecule has 1 heterocycles. The van der Waals surface area contributed by atoms with E-state index in [2.05, 4.69) is 0 Å². The van der Waals surface area contributed by atoms with Gasteiger partial charge in [0.25, 0.3) is 0 Å². The molecule has 1 aliphatic heterocycles. The second kappa shape index (κ2) is 7.67. The Morgan fingerprint density at radius 1 is 1.00 bits per heavy atom. The predicted octanol–water partition coefficient (Wildman–Crippen LogP) is 4.10. The number of aryl methyl sites for hydroxylation is 1. The highest BCUT2D eigenvalue weighted by Gasteiger charge is 2.21. The molecular formula is C20H17NO5S. The van der Waals surface area contributed by atoms with Crippen molar-refractivity contribution >= 4 is 35.4 Å². The molecular weight excluding hydrogens is 366 g/mol. The van der Waals surface area contributed by atoms with E-state index in [0.717, 1.165) is 11.1 Å². The number of nitro groups is 1. The van der Waals surface area contributed by atoms with Crippen LogP contribution in [0.2, 0.25) is 0 Å². The highest BCUT2D eigenvalue weighted by Crippen LogP contribution is 2.30. The molecule has 1 saturated heterocycles. The van der Waals surface area contributed by atoms with E-state index in [1.54, 1.807) is 43.0 Å². The molecule has 0 bridgehead atoms. The molecule has 3 rings (SSSR count). The third kappa shape index (κ3) is 4.20. The Kier molecular flexibility index (Phi) is 5.32. The Balaban J connectivity index is 1.89. The molecule has 0 spiro atoms. The number of phenolic OH excluding ortho intramolecular Hbond substituents is 2. The Hall–Kier alpha value is -3.06. The fraction of sp³-hybridized carbons (Fsp3) is 0.150. The number of ketones is 1. The Morgan fingerprint density at radius 2 is 1.56 bits per heavy atom. The molecule has 27 heavy (non-hydrogen) atoms. The lowest BCUT2D eigenvalue weighted by atomic mass is 10.00. The van der Waals surface area contributed by atoms with E-state index < -0.39 is 10.7 Å². The number of carbonyl (C=O) groups is 1. The summed E-state index contributed by atoms with van der Waals surface area (Å²) in [5, 5.41) is 30.4. The van der Waals surface area contributed by atoms with Gasteiger partial charge in [-0.05, 0) is 54.0 Å². The molecule has 2 aromatic carbocycles. The van der Waals surface area contributed by atoms with Gasteiger partial charge in [0, 0.05) is 28.7 Å². The molecule has 1 fully saturated rings. The van der Waals surface area contributed by atoms with Gasteiger partial charge in [0.15, 0.2) is 11.5 Å². The van der Waals surface area contributed by atoms with E-state index in [0.29, 0.717) is 28.2 Å². The van der Waals surface area contributed by atoms with Crippen LogP contribution < -0.4 is 0 Å². The van der Waals surface area contributed by atoms with Crippen LogP contribution in [0, 0.1) is 17.0 Å². The smallest absolute Gasteiger partial charge is 0.310 e. The average Bonchev–Trinajstić information content (AvgIpc) is 2.61. The SMILES string of the molecule is Cc1ccc(/C=C2\CSC/C(=C\c3ccc([N+](=O)[O-])c(O)c3)C2=O)cc1O. The quantitative estimate of drug-likeness (QED) is 0.470. The van der Waals surface area contributed by atoms with Crippen LogP contribution in [-0.2, 0) is 4.79 Å². The topological polar surface area (TPSA) is 101 Å². The fourth-order valence-corrected chi connectivity index (χ4v) is 3.70. The summed E-state index contributed by atoms with van der Waals surface area (Å²) >= 11 is 1.58. The standard InChI is InChI=1S/C20H17NO5S/c1-12-2-3-13(8-18(12)22)6-15-10-27-11-16(20(15)24)7-14-4-5-17(21(25)26)19(23)9-14/h2-9,22-23H,10-11H2,1H3/b15-6+,16-7+. The van der Waals surface area contributed by atoms with Gasteiger partial charge in [0.2, 0.25) is 0 Å². The number of rotatable bonds is 3. The van der Waals surface area contributed by atoms with Crippen molar-refractivity contribution in [3.05, 3.63) is 74.3 Å². The van der Waals surface area contributed by atoms with Crippen molar-refractivity contribution < 1.29 is 19.9 Å². The summed E-state index contributed by atoms with van der Waals surface area (Å²) in [6.07, 6.45) is 3.40. The van der Waals surface area contributed by atoms with Gasteiger partial charge in [-0.15, -0.1) is 0 Å². The largest absolute Gasteiger partial charge is 0.508 e. The minimum atomic E-state index is -0.661. The van der Waals surface area contributed by atoms with Crippen LogP contribution in [0.15, 0.2) is 47.5 Å². The first-order valence-electron chi connectivity index (χ1n) is 8.16. The summed E-state index contributed by atoms with van der Waals surface area (Å²) in [4.78, 5) is 22.9. The fourth-order valence-electron chi connectivity index (χ4n) is 2.73. The normalized spacial score (nSPS) is 17.4. The maximum Gasteiger partial charge on any atom is 0.310 e. The molecule has 0 radical (unpaired) electrons. The Morgan fingerprint density at radius 3 is 2.07 bits per heavy atom. The molecule has 0 atom stereocenters. The number of nitro benzene ring substituents is 1. The zero-order chi connectivity index (χ0) is 19.6. The van der Waals surface area contributed by atoms with Crippen molar-refractivity contribution in [2.24, 2.45) is 0 Å². The minimum absolute atomic E-state index is 0.105. The Bertz CT molecular complexity index is 994. The number of nitrogens with zero attached hydrogens (tertiary/aromatic N) is 1. The zero-order valence-corrected chi connectivity index (χ0v) is 15.3. The third-order valence-electron chi connectivity index (χ3n) is 4.21. The van der Waals surface area contributed by atoms with E-state index in [4.69, 9.17) is 0 Å². The maximum absolute atomic E-state index is 12.8. The van der Waals surface area contributed by atoms with Gasteiger partial charge in [-0.3, -0.25) is 14.9 Å². The molecule has 7 heteroatoms. The summed E-state index contributed by atoms with van der Waals surface area (Å²) in [7, 11) is 0. The minimum Gasteiger partial charge on any atom is -0.508 e. The van der Waals surface area contributed by atoms with Crippen LogP contribution in [0.1, 0.15) is 16.7 Å². The average molecular weight is 383 g/mol. The number of hydrogen-bond donors (Lipinski definition) is 2. The van der Waals surface area contributed by atoms with Gasteiger partial charge in [-0.25, -0.2) is 0 Å². The van der Waals surface area contributed by atoms with Crippen LogP contribution in [0.25, 0.3) is 12.2 Å². The number of thioether (sulfide) groups is 1. The van der Waals surface area contributed by atoms with Crippen molar-refractivity contribution in [2.75, 3.05) is 11.5 Å². The van der Waals surface area contributed by atoms with Gasteiger partial charge in [0.05, 0.1) is 4.92 Å². The molecule has 2 N–H and O–H groups in total. The van der Waals surface area contributed by atoms with Gasteiger partial charge < -0.3 is 10.2 Å². The number of phenols is 2. The van der Waals surface area contributed by atoms with Crippen molar-refractivity contribution in [3.63, 3.8) is 0 Å². The van der Waals surface area contributed by atoms with Gasteiger partial charge in [-0.2, -0.15) is 11.8 Å². The van der Waals surface area contributed by atoms with Crippen LogP contribution >= 0.6 is 11.8 Å². The molecule has 0 unspecified atom stereocenters. The summed E-state index contributed by atoms with van der Waals surface area (Å²) in [6, 6.07) is 9.24. The molecule has 0 aliphatic carbocycles. The van der Waals surface area contributed by atoms with Crippen molar-refractivity contribution in [3.8, 4) is 11.5 Å². The van der Waals surface area contributed by atoms with E-state index in [1.807, 2.05) is 6.07 Å². The van der Waals surface area contributed by atoms with E-state index >= 15 is 0 Å². The lowest BCUT2D eigenvalue weighted by Gasteiger charge is -2.16. The predicted molar refractivity (Wildman–Crippen MR) is 106 cm³/mol. The first kappa shape index (κ1) is 18.7. The number of benzene rings is 2. The van der Waals surface area contributed by atoms with Crippen molar-refractivity contribution in [2.45, 2.75) is 6.92 Å². The summed E-state index contributed by atoms with van der Waals surface area (Å²) in [5.41, 5.74) is 2.84. The van der Waals surface area contributed by atoms with E-state index in [1.165, 1.54) is 18.2 Å². The summed E-state index contributed by atoms with van der Waals surface area (Å²) < 4.78 is 0. The highest BCUT2D eigenvalue weighted by molar-refractivity contribution is 7.99. The molecule has 0 saturated carbocycles. The first-order chi connectivity index (χ1) is 12.8. The number of hydrogen-bond acceptors (Lipinski definition) is 6. The summed E-state index contributed by atoms with van der Waals surface area (Å²) in [5.74, 6) is 0.726. The van der Waals surface area contributed by atoms with Crippen molar-refractivity contribution in [1.29, 1.82) is 0 Å². The van der Waals surface area contributed by atoms with Gasteiger partial charge in [-0.1, -0.05) is 12.1 Å². The van der Waals surface area contributed by atoms with Crippen LogP contribution in [0.5, 0.6) is 11.5 Å². The maximum atomic E-state index is 12.8. The van der Waals surface area contributed by atoms with Crippen LogP contribution in [0.3, 0.4) is 0 Å². The molecule has 138 valence electrons. The highest BCUT2D eigenvalue weighted by atomic mass is 32.2. The molecule has 0 aromatic heterocycles. The molecule has 1 aliphatic rings. The molecule has 0 amide bonds.